The van der Waals surface area contributed by atoms with Gasteiger partial charge in [-0.1, -0.05) is 6.07 Å². The zero-order valence-electron chi connectivity index (χ0n) is 14.0. The number of ether oxygens (including phenoxy) is 2. The lowest BCUT2D eigenvalue weighted by atomic mass is 10.2. The third kappa shape index (κ3) is 4.08. The maximum absolute atomic E-state index is 13.1. The van der Waals surface area contributed by atoms with Crippen LogP contribution in [-0.2, 0) is 24.4 Å². The topological polar surface area (TPSA) is 98.8 Å². The van der Waals surface area contributed by atoms with Crippen molar-refractivity contribution in [2.45, 2.75) is 23.1 Å². The second-order valence-corrected chi connectivity index (χ2v) is 10.2. The molecule has 136 valence electrons. The number of sulfone groups is 2. The molecule has 1 fully saturated rings. The Balaban J connectivity index is 2.40. The molecule has 1 heterocycles. The number of hydrogen-bond donors (Lipinski definition) is 1. The lowest BCUT2D eigenvalue weighted by molar-refractivity contribution is 0.196. The van der Waals surface area contributed by atoms with E-state index >= 15 is 0 Å². The van der Waals surface area contributed by atoms with Gasteiger partial charge in [-0.05, 0) is 24.6 Å². The van der Waals surface area contributed by atoms with E-state index in [0.29, 0.717) is 13.2 Å². The van der Waals surface area contributed by atoms with Crippen LogP contribution < -0.4 is 10.1 Å². The summed E-state index contributed by atoms with van der Waals surface area (Å²) in [7, 11) is -4.38. The molecule has 2 atom stereocenters. The van der Waals surface area contributed by atoms with Gasteiger partial charge in [-0.25, -0.2) is 16.8 Å². The van der Waals surface area contributed by atoms with Gasteiger partial charge in [0.1, 0.15) is 10.6 Å². The number of nitrogens with one attached hydrogen (secondary N) is 1. The molecule has 2 rings (SSSR count). The molecule has 1 aromatic carbocycles. The Kier molecular flexibility index (Phi) is 5.90. The third-order valence-corrected chi connectivity index (χ3v) is 8.21. The Hall–Kier alpha value is -1.16. The lowest BCUT2D eigenvalue weighted by Gasteiger charge is -2.21. The number of hydrogen-bond acceptors (Lipinski definition) is 7. The van der Waals surface area contributed by atoms with Gasteiger partial charge in [0, 0.05) is 19.7 Å². The minimum absolute atomic E-state index is 0.0330. The smallest absolute Gasteiger partial charge is 0.187 e. The summed E-state index contributed by atoms with van der Waals surface area (Å²) in [6.45, 7) is 2.53. The zero-order valence-corrected chi connectivity index (χ0v) is 15.6. The summed E-state index contributed by atoms with van der Waals surface area (Å²) in [5.41, 5.74) is 0.763. The lowest BCUT2D eigenvalue weighted by Crippen LogP contribution is -2.44. The maximum atomic E-state index is 13.1. The van der Waals surface area contributed by atoms with Gasteiger partial charge < -0.3 is 14.8 Å². The van der Waals surface area contributed by atoms with Gasteiger partial charge in [0.15, 0.2) is 19.7 Å². The number of rotatable bonds is 7. The third-order valence-electron chi connectivity index (χ3n) is 4.04. The van der Waals surface area contributed by atoms with Crippen LogP contribution in [0.2, 0.25) is 0 Å². The summed E-state index contributed by atoms with van der Waals surface area (Å²) < 4.78 is 60.3. The maximum Gasteiger partial charge on any atom is 0.187 e. The van der Waals surface area contributed by atoms with E-state index in [-0.39, 0.29) is 16.4 Å². The van der Waals surface area contributed by atoms with Gasteiger partial charge in [-0.15, -0.1) is 0 Å². The van der Waals surface area contributed by atoms with Crippen LogP contribution in [0.25, 0.3) is 0 Å². The van der Waals surface area contributed by atoms with Crippen LogP contribution in [-0.4, -0.2) is 67.0 Å². The minimum atomic E-state index is -3.87. The number of methoxy groups -OCH3 is 2. The molecule has 1 aromatic rings. The van der Waals surface area contributed by atoms with E-state index in [0.717, 1.165) is 5.56 Å². The van der Waals surface area contributed by atoms with Crippen molar-refractivity contribution in [3.05, 3.63) is 23.8 Å². The monoisotopic (exact) mass is 377 g/mol. The molecule has 0 amide bonds. The fourth-order valence-electron chi connectivity index (χ4n) is 2.83. The fourth-order valence-corrected chi connectivity index (χ4v) is 7.79. The van der Waals surface area contributed by atoms with Crippen molar-refractivity contribution in [2.75, 3.05) is 38.9 Å². The molecule has 1 N–H and O–H groups in total. The highest BCUT2D eigenvalue weighted by atomic mass is 32.2. The SMILES string of the molecule is COCCNC1CS(=O)(=O)CC1S(=O)(=O)c1cc(C)ccc1OC. The first-order valence-electron chi connectivity index (χ1n) is 7.52. The van der Waals surface area contributed by atoms with Gasteiger partial charge in [-0.2, -0.15) is 0 Å². The molecule has 24 heavy (non-hydrogen) atoms. The molecule has 7 nitrogen and oxygen atoms in total. The van der Waals surface area contributed by atoms with Crippen molar-refractivity contribution in [2.24, 2.45) is 0 Å². The first kappa shape index (κ1) is 19.2. The fraction of sp³-hybridized carbons (Fsp3) is 0.600. The summed E-state index contributed by atoms with van der Waals surface area (Å²) in [5.74, 6) is -0.369. The van der Waals surface area contributed by atoms with E-state index in [1.54, 1.807) is 19.1 Å². The summed E-state index contributed by atoms with van der Waals surface area (Å²) in [6, 6.07) is 4.18. The standard InChI is InChI=1S/C15H23NO6S2/c1-11-4-5-13(22-3)14(8-11)24(19,20)15-10-23(17,18)9-12(15)16-6-7-21-2/h4-5,8,12,15-16H,6-7,9-10H2,1-3H3. The zero-order chi connectivity index (χ0) is 18.0. The normalized spacial score (nSPS) is 23.3. The van der Waals surface area contributed by atoms with Gasteiger partial charge in [0.2, 0.25) is 0 Å². The Morgan fingerprint density at radius 3 is 2.58 bits per heavy atom. The molecule has 0 aromatic heterocycles. The number of aryl methyl sites for hydroxylation is 1. The highest BCUT2D eigenvalue weighted by Crippen LogP contribution is 2.32. The van der Waals surface area contributed by atoms with Crippen LogP contribution in [0.1, 0.15) is 5.56 Å². The highest BCUT2D eigenvalue weighted by Gasteiger charge is 2.46. The average Bonchev–Trinajstić information content (AvgIpc) is 2.83. The summed E-state index contributed by atoms with van der Waals surface area (Å²) in [6.07, 6.45) is 0. The summed E-state index contributed by atoms with van der Waals surface area (Å²) in [5, 5.41) is 1.95. The molecular weight excluding hydrogens is 354 g/mol. The Labute approximate surface area is 143 Å². The van der Waals surface area contributed by atoms with Crippen LogP contribution in [0.5, 0.6) is 5.75 Å². The molecule has 1 saturated heterocycles. The van der Waals surface area contributed by atoms with Crippen molar-refractivity contribution in [3.8, 4) is 5.75 Å². The van der Waals surface area contributed by atoms with Gasteiger partial charge >= 0.3 is 0 Å². The van der Waals surface area contributed by atoms with Gasteiger partial charge in [0.25, 0.3) is 0 Å². The van der Waals surface area contributed by atoms with E-state index < -0.39 is 36.7 Å². The largest absolute Gasteiger partial charge is 0.495 e. The van der Waals surface area contributed by atoms with Crippen LogP contribution in [0.15, 0.2) is 23.1 Å². The predicted molar refractivity (Wildman–Crippen MR) is 91.0 cm³/mol. The van der Waals surface area contributed by atoms with Crippen molar-refractivity contribution >= 4 is 19.7 Å². The molecule has 9 heteroatoms. The molecule has 0 aliphatic carbocycles. The second-order valence-electron chi connectivity index (χ2n) is 5.87. The Morgan fingerprint density at radius 2 is 1.96 bits per heavy atom. The Morgan fingerprint density at radius 1 is 1.25 bits per heavy atom. The van der Waals surface area contributed by atoms with Crippen molar-refractivity contribution in [3.63, 3.8) is 0 Å². The quantitative estimate of drug-likeness (QED) is 0.677. The molecule has 0 spiro atoms. The van der Waals surface area contributed by atoms with Crippen molar-refractivity contribution < 1.29 is 26.3 Å². The molecule has 2 unspecified atom stereocenters. The van der Waals surface area contributed by atoms with E-state index in [1.165, 1.54) is 20.3 Å². The first-order valence-corrected chi connectivity index (χ1v) is 10.9. The molecule has 0 bridgehead atoms. The first-order chi connectivity index (χ1) is 11.2. The second kappa shape index (κ2) is 7.38. The van der Waals surface area contributed by atoms with Crippen LogP contribution in [0.3, 0.4) is 0 Å². The average molecular weight is 377 g/mol. The van der Waals surface area contributed by atoms with E-state index in [4.69, 9.17) is 9.47 Å². The van der Waals surface area contributed by atoms with Crippen LogP contribution >= 0.6 is 0 Å². The van der Waals surface area contributed by atoms with Crippen molar-refractivity contribution in [1.29, 1.82) is 0 Å². The molecule has 1 aliphatic rings. The predicted octanol–water partition coefficient (Wildman–Crippen LogP) is 0.179. The molecular formula is C15H23NO6S2. The van der Waals surface area contributed by atoms with Crippen molar-refractivity contribution in [1.82, 2.24) is 5.32 Å². The minimum Gasteiger partial charge on any atom is -0.495 e. The Bertz CT molecular complexity index is 788. The van der Waals surface area contributed by atoms with Crippen LogP contribution in [0.4, 0.5) is 0 Å². The van der Waals surface area contributed by atoms with E-state index in [9.17, 15) is 16.8 Å². The molecule has 1 aliphatic heterocycles. The molecule has 0 radical (unpaired) electrons. The van der Waals surface area contributed by atoms with Gasteiger partial charge in [0.05, 0.1) is 30.5 Å². The van der Waals surface area contributed by atoms with E-state index in [1.807, 2.05) is 0 Å². The summed E-state index contributed by atoms with van der Waals surface area (Å²) in [4.78, 5) is 0.0330. The molecule has 0 saturated carbocycles. The number of benzene rings is 1. The van der Waals surface area contributed by atoms with Gasteiger partial charge in [-0.3, -0.25) is 0 Å². The van der Waals surface area contributed by atoms with E-state index in [2.05, 4.69) is 5.32 Å². The van der Waals surface area contributed by atoms with Crippen LogP contribution in [0, 0.1) is 6.92 Å². The summed E-state index contributed by atoms with van der Waals surface area (Å²) >= 11 is 0. The highest BCUT2D eigenvalue weighted by molar-refractivity contribution is 7.96.